The van der Waals surface area contributed by atoms with Crippen LogP contribution in [0.1, 0.15) is 22.3 Å². The van der Waals surface area contributed by atoms with Crippen molar-refractivity contribution in [3.63, 3.8) is 0 Å². The summed E-state index contributed by atoms with van der Waals surface area (Å²) in [6.45, 7) is 1.45. The third kappa shape index (κ3) is 9.32. The number of carbonyl (C=O) groups is 2. The highest BCUT2D eigenvalue weighted by atomic mass is 79.9. The first-order valence-corrected chi connectivity index (χ1v) is 14.8. The second-order valence-electron chi connectivity index (χ2n) is 9.17. The van der Waals surface area contributed by atoms with E-state index in [2.05, 4.69) is 68.6 Å². The van der Waals surface area contributed by atoms with Crippen LogP contribution >= 0.6 is 63.7 Å². The van der Waals surface area contributed by atoms with Crippen molar-refractivity contribution in [2.75, 3.05) is 62.0 Å². The molecule has 0 radical (unpaired) electrons. The Bertz CT molecular complexity index is 1070. The van der Waals surface area contributed by atoms with E-state index < -0.39 is 6.04 Å². The summed E-state index contributed by atoms with van der Waals surface area (Å²) in [6.07, 6.45) is 1.36. The second kappa shape index (κ2) is 15.0. The molecule has 7 nitrogen and oxygen atoms in total. The van der Waals surface area contributed by atoms with Crippen molar-refractivity contribution in [3.05, 3.63) is 53.3 Å². The smallest absolute Gasteiger partial charge is 0.240 e. The molecule has 0 heterocycles. The first kappa shape index (κ1) is 32.2. The lowest BCUT2D eigenvalue weighted by molar-refractivity contribution is -0.134. The van der Waals surface area contributed by atoms with Crippen molar-refractivity contribution in [2.24, 2.45) is 0 Å². The molecular weight excluding hydrogens is 738 g/mol. The fourth-order valence-electron chi connectivity index (χ4n) is 3.69. The second-order valence-corrected chi connectivity index (χ2v) is 12.6. The maximum atomic E-state index is 13.4. The molecule has 0 saturated heterocycles. The summed E-state index contributed by atoms with van der Waals surface area (Å²) in [7, 11) is 11.0. The van der Waals surface area contributed by atoms with Crippen LogP contribution in [0.3, 0.4) is 0 Å². The van der Waals surface area contributed by atoms with Gasteiger partial charge in [-0.05, 0) is 135 Å². The van der Waals surface area contributed by atoms with E-state index in [-0.39, 0.29) is 18.2 Å². The summed E-state index contributed by atoms with van der Waals surface area (Å²) >= 11 is 14.1. The number of nitrogens with zero attached hydrogens (tertiary/aromatic N) is 3. The number of hydrogen-bond donors (Lipinski definition) is 0. The van der Waals surface area contributed by atoms with Crippen molar-refractivity contribution in [3.8, 4) is 11.5 Å². The Labute approximate surface area is 253 Å². The Kier molecular flexibility index (Phi) is 13.0. The molecule has 0 unspecified atom stereocenters. The predicted octanol–water partition coefficient (Wildman–Crippen LogP) is 5.89. The highest BCUT2D eigenvalue weighted by Gasteiger charge is 2.27. The van der Waals surface area contributed by atoms with E-state index in [0.717, 1.165) is 27.5 Å². The summed E-state index contributed by atoms with van der Waals surface area (Å²) in [4.78, 5) is 31.9. The van der Waals surface area contributed by atoms with E-state index in [1.54, 1.807) is 26.3 Å². The van der Waals surface area contributed by atoms with Crippen molar-refractivity contribution in [1.29, 1.82) is 0 Å². The first-order chi connectivity index (χ1) is 17.3. The van der Waals surface area contributed by atoms with Gasteiger partial charge in [-0.1, -0.05) is 0 Å². The van der Waals surface area contributed by atoms with Crippen LogP contribution in [-0.2, 0) is 11.2 Å². The predicted molar refractivity (Wildman–Crippen MR) is 162 cm³/mol. The van der Waals surface area contributed by atoms with E-state index in [9.17, 15) is 9.59 Å². The van der Waals surface area contributed by atoms with Crippen LogP contribution in [0.2, 0.25) is 0 Å². The summed E-state index contributed by atoms with van der Waals surface area (Å²) in [5, 5.41) is 0. The molecule has 0 aliphatic carbocycles. The molecule has 1 atom stereocenters. The number of halogens is 4. The molecule has 0 saturated carbocycles. The number of ether oxygens (including phenoxy) is 2. The molecular formula is C26H33Br4N3O4. The van der Waals surface area contributed by atoms with Gasteiger partial charge in [0.05, 0.1) is 44.2 Å². The van der Waals surface area contributed by atoms with Crippen LogP contribution in [0.15, 0.2) is 42.2 Å². The number of hydrogen-bond acceptors (Lipinski definition) is 6. The maximum absolute atomic E-state index is 13.4. The lowest BCUT2D eigenvalue weighted by Crippen LogP contribution is -2.47. The first-order valence-electron chi connectivity index (χ1n) is 11.6. The third-order valence-corrected chi connectivity index (χ3v) is 8.03. The summed E-state index contributed by atoms with van der Waals surface area (Å²) in [5.41, 5.74) is 1.45. The van der Waals surface area contributed by atoms with E-state index in [0.29, 0.717) is 39.0 Å². The van der Waals surface area contributed by atoms with Gasteiger partial charge in [-0.15, -0.1) is 0 Å². The van der Waals surface area contributed by atoms with Gasteiger partial charge in [-0.2, -0.15) is 0 Å². The molecule has 0 aliphatic rings. The van der Waals surface area contributed by atoms with Crippen LogP contribution in [0, 0.1) is 0 Å². The van der Waals surface area contributed by atoms with Gasteiger partial charge in [0.2, 0.25) is 5.91 Å². The maximum Gasteiger partial charge on any atom is 0.240 e. The molecule has 0 fully saturated rings. The Morgan fingerprint density at radius 1 is 0.865 bits per heavy atom. The molecule has 0 aromatic heterocycles. The number of ketones is 1. The van der Waals surface area contributed by atoms with E-state index in [1.165, 1.54) is 4.90 Å². The summed E-state index contributed by atoms with van der Waals surface area (Å²) < 4.78 is 14.3. The Morgan fingerprint density at radius 2 is 1.41 bits per heavy atom. The Morgan fingerprint density at radius 3 is 1.89 bits per heavy atom. The molecule has 2 aromatic rings. The van der Waals surface area contributed by atoms with Crippen molar-refractivity contribution < 1.29 is 19.1 Å². The molecule has 0 bridgehead atoms. The highest BCUT2D eigenvalue weighted by Crippen LogP contribution is 2.36. The standard InChI is InChI=1S/C26H33Br4N3O4/c1-31(2)8-7-9-37-25-20(29)13-17(14-21(25)30)23(34)15-33(5)26(35)22(32(3)4)12-16-10-18(27)24(36-6)19(28)11-16/h10-11,13-14,22H,7-9,12,15H2,1-6H3/t22-/m0/s1. The molecule has 37 heavy (non-hydrogen) atoms. The number of methoxy groups -OCH3 is 1. The third-order valence-electron chi connectivity index (χ3n) is 5.67. The number of likely N-dealkylation sites (N-methyl/N-ethyl adjacent to an activating group) is 2. The zero-order valence-electron chi connectivity index (χ0n) is 21.9. The highest BCUT2D eigenvalue weighted by molar-refractivity contribution is 9.11. The molecule has 1 amide bonds. The minimum Gasteiger partial charge on any atom is -0.494 e. The van der Waals surface area contributed by atoms with Gasteiger partial charge in [-0.25, -0.2) is 0 Å². The van der Waals surface area contributed by atoms with Gasteiger partial charge in [0.15, 0.2) is 5.78 Å². The van der Waals surface area contributed by atoms with Gasteiger partial charge in [0.1, 0.15) is 11.5 Å². The molecule has 0 aliphatic heterocycles. The van der Waals surface area contributed by atoms with Gasteiger partial charge >= 0.3 is 0 Å². The van der Waals surface area contributed by atoms with E-state index in [1.807, 2.05) is 45.2 Å². The minimum atomic E-state index is -0.443. The number of rotatable bonds is 13. The number of amides is 1. The SMILES string of the molecule is COc1c(Br)cc(C[C@@H](C(=O)N(C)CC(=O)c2cc(Br)c(OCCCN(C)C)c(Br)c2)N(C)C)cc1Br. The van der Waals surface area contributed by atoms with Gasteiger partial charge in [-0.3, -0.25) is 14.5 Å². The molecule has 204 valence electrons. The Hall–Kier alpha value is -0.980. The quantitative estimate of drug-likeness (QED) is 0.187. The molecule has 2 aromatic carbocycles. The molecule has 0 N–H and O–H groups in total. The zero-order chi connectivity index (χ0) is 27.9. The monoisotopic (exact) mass is 767 g/mol. The molecule has 2 rings (SSSR count). The van der Waals surface area contributed by atoms with Crippen LogP contribution in [0.25, 0.3) is 0 Å². The van der Waals surface area contributed by atoms with Crippen LogP contribution < -0.4 is 9.47 Å². The summed E-state index contributed by atoms with van der Waals surface area (Å²) in [5.74, 6) is 1.05. The number of benzene rings is 2. The fourth-order valence-corrected chi connectivity index (χ4v) is 6.71. The zero-order valence-corrected chi connectivity index (χ0v) is 28.3. The molecule has 0 spiro atoms. The van der Waals surface area contributed by atoms with Crippen LogP contribution in [0.4, 0.5) is 0 Å². The molecule has 11 heteroatoms. The van der Waals surface area contributed by atoms with Gasteiger partial charge < -0.3 is 19.3 Å². The van der Waals surface area contributed by atoms with E-state index in [4.69, 9.17) is 9.47 Å². The summed E-state index contributed by atoms with van der Waals surface area (Å²) in [6, 6.07) is 6.92. The van der Waals surface area contributed by atoms with Crippen LogP contribution in [-0.4, -0.2) is 94.5 Å². The van der Waals surface area contributed by atoms with Crippen molar-refractivity contribution in [1.82, 2.24) is 14.7 Å². The Balaban J connectivity index is 2.10. The fraction of sp³-hybridized carbons (Fsp3) is 0.462. The lowest BCUT2D eigenvalue weighted by atomic mass is 10.0. The van der Waals surface area contributed by atoms with Crippen LogP contribution in [0.5, 0.6) is 11.5 Å². The number of carbonyl (C=O) groups excluding carboxylic acids is 2. The largest absolute Gasteiger partial charge is 0.494 e. The van der Waals surface area contributed by atoms with Gasteiger partial charge in [0.25, 0.3) is 0 Å². The van der Waals surface area contributed by atoms with Crippen molar-refractivity contribution >= 4 is 75.4 Å². The van der Waals surface area contributed by atoms with E-state index >= 15 is 0 Å². The normalized spacial score (nSPS) is 12.1. The topological polar surface area (TPSA) is 62.3 Å². The van der Waals surface area contributed by atoms with Crippen molar-refractivity contribution in [2.45, 2.75) is 18.9 Å². The average molecular weight is 771 g/mol. The minimum absolute atomic E-state index is 0.0406. The van der Waals surface area contributed by atoms with Gasteiger partial charge in [0, 0.05) is 19.2 Å². The lowest BCUT2D eigenvalue weighted by Gasteiger charge is -2.28. The number of Topliss-reactive ketones (excluding diaryl/α,β-unsaturated/α-hetero) is 1. The average Bonchev–Trinajstić information content (AvgIpc) is 2.80.